The van der Waals surface area contributed by atoms with Crippen molar-refractivity contribution in [2.75, 3.05) is 6.54 Å². The molecule has 2 aliphatic rings. The predicted octanol–water partition coefficient (Wildman–Crippen LogP) is 3.52. The molecule has 0 spiro atoms. The van der Waals surface area contributed by atoms with Crippen LogP contribution in [-0.4, -0.2) is 40.3 Å². The molecule has 126 valence electrons. The van der Waals surface area contributed by atoms with Crippen molar-refractivity contribution < 1.29 is 19.4 Å². The van der Waals surface area contributed by atoms with Crippen LogP contribution in [0.3, 0.4) is 0 Å². The minimum atomic E-state index is -0.707. The Balaban J connectivity index is 2.24. The van der Waals surface area contributed by atoms with Gasteiger partial charge in [-0.25, -0.2) is 4.79 Å². The van der Waals surface area contributed by atoms with Gasteiger partial charge in [0.1, 0.15) is 5.60 Å². The van der Waals surface area contributed by atoms with E-state index in [9.17, 15) is 14.7 Å². The molecule has 0 aromatic rings. The zero-order valence-electron chi connectivity index (χ0n) is 14.4. The summed E-state index contributed by atoms with van der Waals surface area (Å²) in [5, 5.41) is 9.78. The van der Waals surface area contributed by atoms with Crippen LogP contribution in [0.2, 0.25) is 0 Å². The van der Waals surface area contributed by atoms with E-state index in [0.29, 0.717) is 31.7 Å². The molecule has 4 atom stereocenters. The van der Waals surface area contributed by atoms with Crippen LogP contribution in [0.15, 0.2) is 0 Å². The number of amides is 1. The van der Waals surface area contributed by atoms with Gasteiger partial charge in [0.05, 0.1) is 5.41 Å². The van der Waals surface area contributed by atoms with Crippen molar-refractivity contribution in [1.82, 2.24) is 4.90 Å². The minimum Gasteiger partial charge on any atom is -0.481 e. The summed E-state index contributed by atoms with van der Waals surface area (Å²) in [6.07, 6.45) is 2.58. The van der Waals surface area contributed by atoms with Crippen molar-refractivity contribution in [2.45, 2.75) is 71.9 Å². The normalized spacial score (nSPS) is 35.7. The van der Waals surface area contributed by atoms with Crippen LogP contribution in [-0.2, 0) is 9.53 Å². The third-order valence-electron chi connectivity index (χ3n) is 4.91. The van der Waals surface area contributed by atoms with Gasteiger partial charge in [-0.3, -0.25) is 4.79 Å². The molecule has 5 nitrogen and oxygen atoms in total. The van der Waals surface area contributed by atoms with Crippen LogP contribution >= 0.6 is 0 Å². The molecule has 1 amide bonds. The van der Waals surface area contributed by atoms with Crippen molar-refractivity contribution >= 4 is 12.1 Å². The summed E-state index contributed by atoms with van der Waals surface area (Å²) in [4.78, 5) is 26.1. The largest absolute Gasteiger partial charge is 0.481 e. The highest BCUT2D eigenvalue weighted by molar-refractivity contribution is 5.75. The Hall–Kier alpha value is -1.26. The number of fused-ring (bicyclic) bond motifs is 2. The molecule has 0 aromatic heterocycles. The summed E-state index contributed by atoms with van der Waals surface area (Å²) in [5.41, 5.74) is -1.21. The first-order chi connectivity index (χ1) is 10.0. The van der Waals surface area contributed by atoms with E-state index in [1.54, 1.807) is 4.90 Å². The Bertz CT molecular complexity index is 456. The molecular weight excluding hydrogens is 282 g/mol. The molecule has 1 saturated carbocycles. The first kappa shape index (κ1) is 17.1. The average Bonchev–Trinajstić information content (AvgIpc) is 2.42. The maximum atomic E-state index is 12.5. The second-order valence-electron chi connectivity index (χ2n) is 8.39. The molecule has 4 unspecified atom stereocenters. The lowest BCUT2D eigenvalue weighted by molar-refractivity contribution is -0.153. The molecule has 22 heavy (non-hydrogen) atoms. The second kappa shape index (κ2) is 5.74. The summed E-state index contributed by atoms with van der Waals surface area (Å²) in [5.74, 6) is -0.0695. The smallest absolute Gasteiger partial charge is 0.410 e. The van der Waals surface area contributed by atoms with Gasteiger partial charge in [-0.1, -0.05) is 6.92 Å². The number of carboxylic acid groups (broad SMARTS) is 1. The van der Waals surface area contributed by atoms with Crippen LogP contribution in [0.4, 0.5) is 4.79 Å². The van der Waals surface area contributed by atoms with E-state index < -0.39 is 17.0 Å². The fourth-order valence-electron chi connectivity index (χ4n) is 4.32. The lowest BCUT2D eigenvalue weighted by Gasteiger charge is -2.38. The summed E-state index contributed by atoms with van der Waals surface area (Å²) in [6, 6.07) is -0.110. The molecule has 0 radical (unpaired) electrons. The van der Waals surface area contributed by atoms with Gasteiger partial charge in [0, 0.05) is 12.6 Å². The van der Waals surface area contributed by atoms with Gasteiger partial charge in [-0.2, -0.15) is 0 Å². The van der Waals surface area contributed by atoms with Crippen molar-refractivity contribution in [3.05, 3.63) is 0 Å². The molecule has 1 saturated heterocycles. The Morgan fingerprint density at radius 2 is 1.82 bits per heavy atom. The molecule has 1 heterocycles. The van der Waals surface area contributed by atoms with E-state index in [-0.39, 0.29) is 18.1 Å². The molecule has 2 bridgehead atoms. The van der Waals surface area contributed by atoms with Crippen LogP contribution < -0.4 is 0 Å². The number of carbonyl (C=O) groups is 2. The lowest BCUT2D eigenvalue weighted by atomic mass is 9.64. The van der Waals surface area contributed by atoms with Gasteiger partial charge in [0.15, 0.2) is 0 Å². The first-order valence-electron chi connectivity index (χ1n) is 8.25. The molecule has 0 aromatic carbocycles. The highest BCUT2D eigenvalue weighted by Crippen LogP contribution is 2.48. The Morgan fingerprint density at radius 3 is 2.36 bits per heavy atom. The van der Waals surface area contributed by atoms with Crippen LogP contribution in [0.1, 0.15) is 60.3 Å². The van der Waals surface area contributed by atoms with Crippen LogP contribution in [0, 0.1) is 17.3 Å². The third-order valence-corrected chi connectivity index (χ3v) is 4.91. The van der Waals surface area contributed by atoms with Gasteiger partial charge < -0.3 is 14.7 Å². The van der Waals surface area contributed by atoms with Gasteiger partial charge in [-0.05, 0) is 65.2 Å². The number of carbonyl (C=O) groups excluding carboxylic acids is 1. The molecule has 5 heteroatoms. The standard InChI is InChI=1S/C17H29NO4/c1-11-6-13-9-17(7-11,14(19)20)8-12(2)18(10-13)15(21)22-16(3,4)5/h11-13H,6-10H2,1-5H3,(H,19,20). The number of likely N-dealkylation sites (tertiary alicyclic amines) is 1. The van der Waals surface area contributed by atoms with Gasteiger partial charge in [0.25, 0.3) is 0 Å². The molecule has 1 aliphatic carbocycles. The maximum Gasteiger partial charge on any atom is 0.410 e. The number of ether oxygens (including phenoxy) is 1. The summed E-state index contributed by atoms with van der Waals surface area (Å²) >= 11 is 0. The SMILES string of the molecule is CC1CC2CN(C(=O)OC(C)(C)C)C(C)CC(C(=O)O)(C1)C2. The second-order valence-corrected chi connectivity index (χ2v) is 8.39. The van der Waals surface area contributed by atoms with Crippen molar-refractivity contribution in [2.24, 2.45) is 17.3 Å². The monoisotopic (exact) mass is 311 g/mol. The number of hydrogen-bond acceptors (Lipinski definition) is 3. The highest BCUT2D eigenvalue weighted by Gasteiger charge is 2.50. The Labute approximate surface area is 133 Å². The quantitative estimate of drug-likeness (QED) is 0.804. The zero-order chi connectivity index (χ0) is 16.7. The number of hydrogen-bond donors (Lipinski definition) is 1. The van der Waals surface area contributed by atoms with Crippen molar-refractivity contribution in [3.63, 3.8) is 0 Å². The van der Waals surface area contributed by atoms with Crippen LogP contribution in [0.25, 0.3) is 0 Å². The van der Waals surface area contributed by atoms with Gasteiger partial charge in [0.2, 0.25) is 0 Å². The Morgan fingerprint density at radius 1 is 1.18 bits per heavy atom. The van der Waals surface area contributed by atoms with E-state index in [4.69, 9.17) is 4.74 Å². The van der Waals surface area contributed by atoms with E-state index in [1.165, 1.54) is 0 Å². The Kier molecular flexibility index (Phi) is 4.46. The van der Waals surface area contributed by atoms with E-state index >= 15 is 0 Å². The van der Waals surface area contributed by atoms with Crippen molar-refractivity contribution in [3.8, 4) is 0 Å². The van der Waals surface area contributed by atoms with Gasteiger partial charge in [-0.15, -0.1) is 0 Å². The fraction of sp³-hybridized carbons (Fsp3) is 0.882. The number of aliphatic carboxylic acids is 1. The summed E-state index contributed by atoms with van der Waals surface area (Å²) in [6.45, 7) is 10.2. The third kappa shape index (κ3) is 3.55. The fourth-order valence-corrected chi connectivity index (χ4v) is 4.32. The van der Waals surface area contributed by atoms with Crippen molar-refractivity contribution in [1.29, 1.82) is 0 Å². The van der Waals surface area contributed by atoms with Gasteiger partial charge >= 0.3 is 12.1 Å². The maximum absolute atomic E-state index is 12.5. The van der Waals surface area contributed by atoms with E-state index in [1.807, 2.05) is 27.7 Å². The summed E-state index contributed by atoms with van der Waals surface area (Å²) in [7, 11) is 0. The number of nitrogens with zero attached hydrogens (tertiary/aromatic N) is 1. The average molecular weight is 311 g/mol. The number of carboxylic acids is 1. The predicted molar refractivity (Wildman–Crippen MR) is 83.6 cm³/mol. The minimum absolute atomic E-state index is 0.110. The topological polar surface area (TPSA) is 66.8 Å². The lowest BCUT2D eigenvalue weighted by Crippen LogP contribution is -2.44. The molecular formula is C17H29NO4. The van der Waals surface area contributed by atoms with Crippen LogP contribution in [0.5, 0.6) is 0 Å². The molecule has 1 N–H and O–H groups in total. The summed E-state index contributed by atoms with van der Waals surface area (Å²) < 4.78 is 5.51. The number of rotatable bonds is 1. The molecule has 1 aliphatic heterocycles. The van der Waals surface area contributed by atoms with E-state index in [0.717, 1.165) is 6.42 Å². The zero-order valence-corrected chi connectivity index (χ0v) is 14.4. The molecule has 2 rings (SSSR count). The molecule has 2 fully saturated rings. The highest BCUT2D eigenvalue weighted by atomic mass is 16.6. The van der Waals surface area contributed by atoms with E-state index in [2.05, 4.69) is 6.92 Å². The first-order valence-corrected chi connectivity index (χ1v) is 8.25.